The molecule has 2 rings (SSSR count). The molecule has 0 radical (unpaired) electrons. The van der Waals surface area contributed by atoms with Crippen LogP contribution in [-0.4, -0.2) is 61.2 Å². The largest absolute Gasteiger partial charge is 0.314 e. The van der Waals surface area contributed by atoms with E-state index in [1.54, 1.807) is 0 Å². The molecule has 0 bridgehead atoms. The third-order valence-corrected chi connectivity index (χ3v) is 4.82. The van der Waals surface area contributed by atoms with Crippen molar-refractivity contribution in [2.45, 2.75) is 52.1 Å². The molecule has 3 atom stereocenters. The Labute approximate surface area is 113 Å². The fourth-order valence-electron chi connectivity index (χ4n) is 3.78. The highest BCUT2D eigenvalue weighted by atomic mass is 15.2. The number of hydrogen-bond acceptors (Lipinski definition) is 3. The Morgan fingerprint density at radius 1 is 1.22 bits per heavy atom. The molecule has 0 spiro atoms. The number of likely N-dealkylation sites (N-methyl/N-ethyl adjacent to an activating group) is 1. The summed E-state index contributed by atoms with van der Waals surface area (Å²) in [7, 11) is 0. The van der Waals surface area contributed by atoms with Gasteiger partial charge in [-0.25, -0.2) is 0 Å². The van der Waals surface area contributed by atoms with E-state index in [4.69, 9.17) is 0 Å². The van der Waals surface area contributed by atoms with Crippen molar-refractivity contribution in [1.82, 2.24) is 15.1 Å². The summed E-state index contributed by atoms with van der Waals surface area (Å²) >= 11 is 0. The third kappa shape index (κ3) is 3.69. The average Bonchev–Trinajstić information content (AvgIpc) is 2.79. The molecular weight excluding hydrogens is 222 g/mol. The summed E-state index contributed by atoms with van der Waals surface area (Å²) in [6.45, 7) is 14.5. The van der Waals surface area contributed by atoms with Crippen LogP contribution in [0.1, 0.15) is 40.0 Å². The molecule has 0 aromatic carbocycles. The molecule has 0 aromatic rings. The van der Waals surface area contributed by atoms with E-state index in [0.717, 1.165) is 18.0 Å². The second-order valence-corrected chi connectivity index (χ2v) is 6.17. The molecular formula is C15H31N3. The lowest BCUT2D eigenvalue weighted by Gasteiger charge is -2.32. The standard InChI is InChI=1S/C15H31N3/c1-4-18(5-2)15-7-9-17(12-15)11-14-6-8-16-13(3)10-14/h13-16H,4-12H2,1-3H3. The molecule has 2 fully saturated rings. The molecule has 1 N–H and O–H groups in total. The van der Waals surface area contributed by atoms with Crippen molar-refractivity contribution in [3.05, 3.63) is 0 Å². The predicted molar refractivity (Wildman–Crippen MR) is 78.0 cm³/mol. The van der Waals surface area contributed by atoms with Gasteiger partial charge in [0.2, 0.25) is 0 Å². The Kier molecular flexibility index (Phi) is 5.46. The molecule has 0 aliphatic carbocycles. The maximum Gasteiger partial charge on any atom is 0.0235 e. The number of hydrogen-bond donors (Lipinski definition) is 1. The number of piperidine rings is 1. The van der Waals surface area contributed by atoms with Crippen LogP contribution >= 0.6 is 0 Å². The van der Waals surface area contributed by atoms with Crippen molar-refractivity contribution < 1.29 is 0 Å². The van der Waals surface area contributed by atoms with Crippen LogP contribution in [0.15, 0.2) is 0 Å². The van der Waals surface area contributed by atoms with E-state index in [0.29, 0.717) is 0 Å². The van der Waals surface area contributed by atoms with Gasteiger partial charge in [-0.05, 0) is 58.3 Å². The fourth-order valence-corrected chi connectivity index (χ4v) is 3.78. The van der Waals surface area contributed by atoms with Gasteiger partial charge in [0.15, 0.2) is 0 Å². The van der Waals surface area contributed by atoms with E-state index in [2.05, 4.69) is 35.9 Å². The molecule has 106 valence electrons. The Hall–Kier alpha value is -0.120. The molecule has 3 unspecified atom stereocenters. The van der Waals surface area contributed by atoms with Crippen molar-refractivity contribution in [2.75, 3.05) is 39.3 Å². The minimum atomic E-state index is 0.727. The van der Waals surface area contributed by atoms with Crippen LogP contribution in [0.3, 0.4) is 0 Å². The zero-order chi connectivity index (χ0) is 13.0. The number of likely N-dealkylation sites (tertiary alicyclic amines) is 1. The van der Waals surface area contributed by atoms with E-state index in [9.17, 15) is 0 Å². The maximum absolute atomic E-state index is 3.56. The minimum absolute atomic E-state index is 0.727. The first kappa shape index (κ1) is 14.3. The molecule has 2 aliphatic rings. The maximum atomic E-state index is 3.56. The molecule has 3 heteroatoms. The van der Waals surface area contributed by atoms with Crippen molar-refractivity contribution in [3.63, 3.8) is 0 Å². The predicted octanol–water partition coefficient (Wildman–Crippen LogP) is 1.79. The zero-order valence-electron chi connectivity index (χ0n) is 12.5. The lowest BCUT2D eigenvalue weighted by atomic mass is 9.93. The monoisotopic (exact) mass is 253 g/mol. The van der Waals surface area contributed by atoms with Gasteiger partial charge in [-0.2, -0.15) is 0 Å². The van der Waals surface area contributed by atoms with E-state index in [1.807, 2.05) is 0 Å². The topological polar surface area (TPSA) is 18.5 Å². The number of nitrogens with zero attached hydrogens (tertiary/aromatic N) is 2. The van der Waals surface area contributed by atoms with Gasteiger partial charge < -0.3 is 10.2 Å². The van der Waals surface area contributed by atoms with Crippen molar-refractivity contribution in [1.29, 1.82) is 0 Å². The van der Waals surface area contributed by atoms with Crippen LogP contribution in [0, 0.1) is 5.92 Å². The number of nitrogens with one attached hydrogen (secondary N) is 1. The average molecular weight is 253 g/mol. The van der Waals surface area contributed by atoms with Crippen molar-refractivity contribution >= 4 is 0 Å². The van der Waals surface area contributed by atoms with Crippen LogP contribution in [-0.2, 0) is 0 Å². The molecule has 3 nitrogen and oxygen atoms in total. The molecule has 0 aromatic heterocycles. The van der Waals surface area contributed by atoms with Crippen molar-refractivity contribution in [2.24, 2.45) is 5.92 Å². The second-order valence-electron chi connectivity index (χ2n) is 6.17. The van der Waals surface area contributed by atoms with Crippen LogP contribution in [0.5, 0.6) is 0 Å². The molecule has 2 aliphatic heterocycles. The first-order valence-electron chi connectivity index (χ1n) is 7.92. The first-order chi connectivity index (χ1) is 8.72. The summed E-state index contributed by atoms with van der Waals surface area (Å²) in [5, 5.41) is 3.56. The lowest BCUT2D eigenvalue weighted by molar-refractivity contribution is 0.186. The summed E-state index contributed by atoms with van der Waals surface area (Å²) in [5.74, 6) is 0.928. The van der Waals surface area contributed by atoms with Crippen LogP contribution in [0.2, 0.25) is 0 Å². The van der Waals surface area contributed by atoms with Crippen LogP contribution < -0.4 is 5.32 Å². The Morgan fingerprint density at radius 2 is 2.00 bits per heavy atom. The quantitative estimate of drug-likeness (QED) is 0.806. The minimum Gasteiger partial charge on any atom is -0.314 e. The fraction of sp³-hybridized carbons (Fsp3) is 1.00. The molecule has 0 saturated carbocycles. The molecule has 2 heterocycles. The molecule has 2 saturated heterocycles. The van der Waals surface area contributed by atoms with Gasteiger partial charge in [0.05, 0.1) is 0 Å². The zero-order valence-corrected chi connectivity index (χ0v) is 12.5. The Bertz CT molecular complexity index is 240. The summed E-state index contributed by atoms with van der Waals surface area (Å²) in [5.41, 5.74) is 0. The molecule has 18 heavy (non-hydrogen) atoms. The molecule has 0 amide bonds. The second kappa shape index (κ2) is 6.88. The summed E-state index contributed by atoms with van der Waals surface area (Å²) in [6.07, 6.45) is 4.12. The SMILES string of the molecule is CCN(CC)C1CCN(CC2CCNC(C)C2)C1. The highest BCUT2D eigenvalue weighted by Gasteiger charge is 2.28. The van der Waals surface area contributed by atoms with Gasteiger partial charge in [-0.1, -0.05) is 13.8 Å². The Morgan fingerprint density at radius 3 is 2.67 bits per heavy atom. The third-order valence-electron chi connectivity index (χ3n) is 4.82. The van der Waals surface area contributed by atoms with Gasteiger partial charge in [0, 0.05) is 25.2 Å². The summed E-state index contributed by atoms with van der Waals surface area (Å²) in [6, 6.07) is 1.55. The van der Waals surface area contributed by atoms with Gasteiger partial charge in [0.1, 0.15) is 0 Å². The summed E-state index contributed by atoms with van der Waals surface area (Å²) < 4.78 is 0. The normalized spacial score (nSPS) is 34.3. The van der Waals surface area contributed by atoms with Crippen molar-refractivity contribution in [3.8, 4) is 0 Å². The summed E-state index contributed by atoms with van der Waals surface area (Å²) in [4.78, 5) is 5.34. The van der Waals surface area contributed by atoms with Gasteiger partial charge >= 0.3 is 0 Å². The lowest BCUT2D eigenvalue weighted by Crippen LogP contribution is -2.41. The smallest absolute Gasteiger partial charge is 0.0235 e. The van der Waals surface area contributed by atoms with Crippen LogP contribution in [0.4, 0.5) is 0 Å². The highest BCUT2D eigenvalue weighted by molar-refractivity contribution is 4.85. The number of rotatable bonds is 5. The highest BCUT2D eigenvalue weighted by Crippen LogP contribution is 2.21. The van der Waals surface area contributed by atoms with E-state index < -0.39 is 0 Å². The van der Waals surface area contributed by atoms with Gasteiger partial charge in [-0.3, -0.25) is 4.90 Å². The van der Waals surface area contributed by atoms with E-state index >= 15 is 0 Å². The van der Waals surface area contributed by atoms with E-state index in [1.165, 1.54) is 58.5 Å². The van der Waals surface area contributed by atoms with Crippen LogP contribution in [0.25, 0.3) is 0 Å². The van der Waals surface area contributed by atoms with Gasteiger partial charge in [-0.15, -0.1) is 0 Å². The van der Waals surface area contributed by atoms with Gasteiger partial charge in [0.25, 0.3) is 0 Å². The Balaban J connectivity index is 1.75. The first-order valence-corrected chi connectivity index (χ1v) is 7.92. The van der Waals surface area contributed by atoms with E-state index in [-0.39, 0.29) is 0 Å².